The predicted molar refractivity (Wildman–Crippen MR) is 82.3 cm³/mol. The van der Waals surface area contributed by atoms with Crippen molar-refractivity contribution in [3.63, 3.8) is 0 Å². The van der Waals surface area contributed by atoms with E-state index in [0.717, 1.165) is 10.5 Å². The molecule has 2 rings (SSSR count). The number of carbonyl (C=O) groups is 2. The average Bonchev–Trinajstić information content (AvgIpc) is 2.45. The van der Waals surface area contributed by atoms with Crippen LogP contribution in [0.25, 0.3) is 0 Å². The van der Waals surface area contributed by atoms with Gasteiger partial charge in [0.2, 0.25) is 5.91 Å². The van der Waals surface area contributed by atoms with E-state index < -0.39 is 23.5 Å². The molecule has 0 radical (unpaired) electrons. The summed E-state index contributed by atoms with van der Waals surface area (Å²) in [5.74, 6) is -1.79. The van der Waals surface area contributed by atoms with Crippen molar-refractivity contribution in [2.24, 2.45) is 5.92 Å². The summed E-state index contributed by atoms with van der Waals surface area (Å²) in [6.07, 6.45) is -0.194. The highest BCUT2D eigenvalue weighted by Gasteiger charge is 2.40. The molecule has 1 aliphatic heterocycles. The number of rotatable bonds is 2. The Morgan fingerprint density at radius 1 is 1.35 bits per heavy atom. The minimum atomic E-state index is -0.735. The number of likely N-dealkylation sites (tertiary alicyclic amines) is 1. The van der Waals surface area contributed by atoms with E-state index in [2.05, 4.69) is 0 Å². The smallest absolute Gasteiger partial charge is 0.417 e. The molecule has 1 saturated heterocycles. The maximum atomic E-state index is 13.0. The van der Waals surface area contributed by atoms with Crippen LogP contribution in [0.5, 0.6) is 0 Å². The Morgan fingerprint density at radius 2 is 1.96 bits per heavy atom. The monoisotopic (exact) mass is 323 g/mol. The fourth-order valence-corrected chi connectivity index (χ4v) is 2.76. The zero-order valence-corrected chi connectivity index (χ0v) is 13.6. The first kappa shape index (κ1) is 17.4. The van der Waals surface area contributed by atoms with E-state index in [0.29, 0.717) is 6.42 Å². The van der Waals surface area contributed by atoms with Crippen LogP contribution in [0.15, 0.2) is 24.3 Å². The van der Waals surface area contributed by atoms with Crippen LogP contribution in [-0.4, -0.2) is 40.8 Å². The standard InChI is InChI=1S/C17H22FNO4/c1-17(2,3)23-16(22)19-9-8-13(14(10-20)15(19)21)11-4-6-12(18)7-5-11/h4-7,13-14,20H,8-10H2,1-3H3/t13-,14-/m1/s1. The Bertz CT molecular complexity index is 579. The van der Waals surface area contributed by atoms with Gasteiger partial charge in [-0.05, 0) is 50.8 Å². The molecule has 2 amide bonds. The normalized spacial score (nSPS) is 22.1. The maximum absolute atomic E-state index is 13.0. The molecule has 0 bridgehead atoms. The lowest BCUT2D eigenvalue weighted by Crippen LogP contribution is -2.50. The summed E-state index contributed by atoms with van der Waals surface area (Å²) in [5, 5.41) is 9.61. The molecule has 0 aromatic heterocycles. The first-order valence-electron chi connectivity index (χ1n) is 7.63. The fourth-order valence-electron chi connectivity index (χ4n) is 2.76. The lowest BCUT2D eigenvalue weighted by atomic mass is 9.80. The van der Waals surface area contributed by atoms with E-state index in [1.165, 1.54) is 12.1 Å². The lowest BCUT2D eigenvalue weighted by molar-refractivity contribution is -0.139. The van der Waals surface area contributed by atoms with Gasteiger partial charge < -0.3 is 9.84 Å². The zero-order chi connectivity index (χ0) is 17.2. The first-order valence-corrected chi connectivity index (χ1v) is 7.63. The molecule has 0 spiro atoms. The molecular weight excluding hydrogens is 301 g/mol. The highest BCUT2D eigenvalue weighted by atomic mass is 19.1. The van der Waals surface area contributed by atoms with Crippen molar-refractivity contribution in [2.45, 2.75) is 38.7 Å². The van der Waals surface area contributed by atoms with Crippen molar-refractivity contribution in [2.75, 3.05) is 13.2 Å². The summed E-state index contributed by atoms with van der Waals surface area (Å²) < 4.78 is 18.3. The second kappa shape index (κ2) is 6.66. The van der Waals surface area contributed by atoms with Gasteiger partial charge in [-0.1, -0.05) is 12.1 Å². The number of ether oxygens (including phenoxy) is 1. The number of halogens is 1. The molecule has 2 atom stereocenters. The van der Waals surface area contributed by atoms with Gasteiger partial charge in [-0.3, -0.25) is 4.79 Å². The number of hydrogen-bond acceptors (Lipinski definition) is 4. The van der Waals surface area contributed by atoms with Crippen LogP contribution < -0.4 is 0 Å². The van der Waals surface area contributed by atoms with Gasteiger partial charge in [0, 0.05) is 6.54 Å². The minimum Gasteiger partial charge on any atom is -0.443 e. The molecule has 0 aliphatic carbocycles. The van der Waals surface area contributed by atoms with Crippen molar-refractivity contribution in [3.8, 4) is 0 Å². The van der Waals surface area contributed by atoms with Crippen LogP contribution in [0.2, 0.25) is 0 Å². The van der Waals surface area contributed by atoms with Gasteiger partial charge in [0.25, 0.3) is 0 Å². The van der Waals surface area contributed by atoms with Crippen LogP contribution in [0.1, 0.15) is 38.7 Å². The Kier molecular flexibility index (Phi) is 5.04. The quantitative estimate of drug-likeness (QED) is 0.909. The zero-order valence-electron chi connectivity index (χ0n) is 13.6. The number of nitrogens with zero attached hydrogens (tertiary/aromatic N) is 1. The number of hydrogen-bond donors (Lipinski definition) is 1. The van der Waals surface area contributed by atoms with E-state index >= 15 is 0 Å². The van der Waals surface area contributed by atoms with Crippen LogP contribution in [0, 0.1) is 11.7 Å². The second-order valence-corrected chi connectivity index (χ2v) is 6.71. The molecule has 0 saturated carbocycles. The summed E-state index contributed by atoms with van der Waals surface area (Å²) in [7, 11) is 0. The molecule has 1 aromatic carbocycles. The summed E-state index contributed by atoms with van der Waals surface area (Å²) in [6.45, 7) is 5.02. The molecule has 5 nitrogen and oxygen atoms in total. The van der Waals surface area contributed by atoms with Crippen LogP contribution in [0.3, 0.4) is 0 Å². The van der Waals surface area contributed by atoms with Gasteiger partial charge >= 0.3 is 6.09 Å². The average molecular weight is 323 g/mol. The van der Waals surface area contributed by atoms with Gasteiger partial charge in [-0.15, -0.1) is 0 Å². The lowest BCUT2D eigenvalue weighted by Gasteiger charge is -2.36. The molecule has 1 N–H and O–H groups in total. The molecule has 6 heteroatoms. The number of imide groups is 1. The van der Waals surface area contributed by atoms with Crippen molar-refractivity contribution < 1.29 is 23.8 Å². The largest absolute Gasteiger partial charge is 0.443 e. The second-order valence-electron chi connectivity index (χ2n) is 6.71. The van der Waals surface area contributed by atoms with E-state index in [-0.39, 0.29) is 24.9 Å². The van der Waals surface area contributed by atoms with E-state index in [1.54, 1.807) is 32.9 Å². The summed E-state index contributed by atoms with van der Waals surface area (Å²) in [5.41, 5.74) is 0.0857. The maximum Gasteiger partial charge on any atom is 0.417 e. The van der Waals surface area contributed by atoms with Gasteiger partial charge in [-0.2, -0.15) is 0 Å². The highest BCUT2D eigenvalue weighted by molar-refractivity contribution is 5.94. The summed E-state index contributed by atoms with van der Waals surface area (Å²) >= 11 is 0. The SMILES string of the molecule is CC(C)(C)OC(=O)N1CC[C@H](c2ccc(F)cc2)[C@@H](CO)C1=O. The molecule has 1 aliphatic rings. The third kappa shape index (κ3) is 4.07. The van der Waals surface area contributed by atoms with Crippen LogP contribution >= 0.6 is 0 Å². The van der Waals surface area contributed by atoms with E-state index in [4.69, 9.17) is 4.74 Å². The summed E-state index contributed by atoms with van der Waals surface area (Å²) in [4.78, 5) is 25.7. The molecule has 0 unspecified atom stereocenters. The predicted octanol–water partition coefficient (Wildman–Crippen LogP) is 2.69. The minimum absolute atomic E-state index is 0.215. The van der Waals surface area contributed by atoms with Crippen molar-refractivity contribution in [3.05, 3.63) is 35.6 Å². The molecule has 23 heavy (non-hydrogen) atoms. The van der Waals surface area contributed by atoms with Gasteiger partial charge in [0.1, 0.15) is 11.4 Å². The molecule has 126 valence electrons. The van der Waals surface area contributed by atoms with Crippen molar-refractivity contribution in [1.29, 1.82) is 0 Å². The Labute approximate surface area is 135 Å². The Hall–Kier alpha value is -1.95. The number of aliphatic hydroxyl groups excluding tert-OH is 1. The van der Waals surface area contributed by atoms with E-state index in [1.807, 2.05) is 0 Å². The third-order valence-electron chi connectivity index (χ3n) is 3.84. The number of benzene rings is 1. The molecule has 1 aromatic rings. The number of carbonyl (C=O) groups excluding carboxylic acids is 2. The highest BCUT2D eigenvalue weighted by Crippen LogP contribution is 2.34. The van der Waals surface area contributed by atoms with Crippen molar-refractivity contribution >= 4 is 12.0 Å². The van der Waals surface area contributed by atoms with Gasteiger partial charge in [-0.25, -0.2) is 14.1 Å². The first-order chi connectivity index (χ1) is 10.7. The third-order valence-corrected chi connectivity index (χ3v) is 3.84. The number of aliphatic hydroxyl groups is 1. The van der Waals surface area contributed by atoms with Crippen LogP contribution in [0.4, 0.5) is 9.18 Å². The van der Waals surface area contributed by atoms with Gasteiger partial charge in [0.15, 0.2) is 0 Å². The van der Waals surface area contributed by atoms with Crippen LogP contribution in [-0.2, 0) is 9.53 Å². The Morgan fingerprint density at radius 3 is 2.48 bits per heavy atom. The number of amides is 2. The van der Waals surface area contributed by atoms with Crippen molar-refractivity contribution in [1.82, 2.24) is 4.90 Å². The summed E-state index contributed by atoms with van der Waals surface area (Å²) in [6, 6.07) is 5.88. The molecular formula is C17H22FNO4. The fraction of sp³-hybridized carbons (Fsp3) is 0.529. The van der Waals surface area contributed by atoms with Gasteiger partial charge in [0.05, 0.1) is 12.5 Å². The Balaban J connectivity index is 2.17. The molecule has 1 fully saturated rings. The topological polar surface area (TPSA) is 66.8 Å². The molecule has 1 heterocycles. The van der Waals surface area contributed by atoms with E-state index in [9.17, 15) is 19.1 Å². The number of piperidine rings is 1.